The molecule has 0 aromatic heterocycles. The van der Waals surface area contributed by atoms with Gasteiger partial charge in [-0.25, -0.2) is 4.39 Å². The summed E-state index contributed by atoms with van der Waals surface area (Å²) in [4.78, 5) is 0. The molecule has 0 amide bonds. The number of benzene rings is 2. The predicted molar refractivity (Wildman–Crippen MR) is 70.6 cm³/mol. The van der Waals surface area contributed by atoms with Crippen LogP contribution in [0.25, 0.3) is 11.1 Å². The molecule has 2 aromatic carbocycles. The highest BCUT2D eigenvalue weighted by atomic mass is 19.1. The lowest BCUT2D eigenvalue weighted by Gasteiger charge is -2.08. The van der Waals surface area contributed by atoms with Crippen molar-refractivity contribution in [2.45, 2.75) is 20.3 Å². The zero-order chi connectivity index (χ0) is 13.1. The highest BCUT2D eigenvalue weighted by Crippen LogP contribution is 2.26. The van der Waals surface area contributed by atoms with Crippen LogP contribution < -0.4 is 0 Å². The smallest absolute Gasteiger partial charge is 0.128 e. The van der Waals surface area contributed by atoms with Gasteiger partial charge in [0.25, 0.3) is 0 Å². The summed E-state index contributed by atoms with van der Waals surface area (Å²) in [5.74, 6) is -0.310. The van der Waals surface area contributed by atoms with Crippen LogP contribution in [0, 0.1) is 31.0 Å². The van der Waals surface area contributed by atoms with Crippen molar-refractivity contribution in [3.8, 4) is 17.2 Å². The van der Waals surface area contributed by atoms with Crippen LogP contribution in [0.3, 0.4) is 0 Å². The molecule has 0 atom stereocenters. The van der Waals surface area contributed by atoms with Crippen molar-refractivity contribution in [2.24, 2.45) is 0 Å². The van der Waals surface area contributed by atoms with Crippen LogP contribution in [0.15, 0.2) is 36.4 Å². The summed E-state index contributed by atoms with van der Waals surface area (Å²) in [6.45, 7) is 4.03. The van der Waals surface area contributed by atoms with Crippen molar-refractivity contribution in [1.82, 2.24) is 0 Å². The van der Waals surface area contributed by atoms with Gasteiger partial charge in [-0.15, -0.1) is 0 Å². The molecule has 2 heteroatoms. The first kappa shape index (κ1) is 12.3. The zero-order valence-corrected chi connectivity index (χ0v) is 10.5. The summed E-state index contributed by atoms with van der Waals surface area (Å²) in [5.41, 5.74) is 4.62. The van der Waals surface area contributed by atoms with E-state index < -0.39 is 0 Å². The second kappa shape index (κ2) is 5.01. The third-order valence-electron chi connectivity index (χ3n) is 3.03. The summed E-state index contributed by atoms with van der Waals surface area (Å²) < 4.78 is 13.8. The van der Waals surface area contributed by atoms with E-state index in [9.17, 15) is 4.39 Å². The zero-order valence-electron chi connectivity index (χ0n) is 10.5. The quantitative estimate of drug-likeness (QED) is 0.771. The van der Waals surface area contributed by atoms with E-state index in [-0.39, 0.29) is 12.2 Å². The van der Waals surface area contributed by atoms with E-state index in [2.05, 4.69) is 0 Å². The average molecular weight is 239 g/mol. The molecule has 0 bridgehead atoms. The standard InChI is InChI=1S/C16H14FN/c1-11-3-4-12(2)15(9-11)14-6-5-13(7-8-18)16(17)10-14/h3-6,9-10H,7H2,1-2H3. The summed E-state index contributed by atoms with van der Waals surface area (Å²) in [5, 5.41) is 8.59. The van der Waals surface area contributed by atoms with Gasteiger partial charge in [-0.1, -0.05) is 35.9 Å². The summed E-state index contributed by atoms with van der Waals surface area (Å²) in [6, 6.07) is 13.2. The summed E-state index contributed by atoms with van der Waals surface area (Å²) in [7, 11) is 0. The molecule has 0 aliphatic carbocycles. The normalized spacial score (nSPS) is 10.1. The molecule has 18 heavy (non-hydrogen) atoms. The molecular weight excluding hydrogens is 225 g/mol. The topological polar surface area (TPSA) is 23.8 Å². The van der Waals surface area contributed by atoms with E-state index in [4.69, 9.17) is 5.26 Å². The summed E-state index contributed by atoms with van der Waals surface area (Å²) >= 11 is 0. The lowest BCUT2D eigenvalue weighted by molar-refractivity contribution is 0.616. The molecular formula is C16H14FN. The van der Waals surface area contributed by atoms with Crippen molar-refractivity contribution in [1.29, 1.82) is 5.26 Å². The first-order valence-electron chi connectivity index (χ1n) is 5.85. The maximum absolute atomic E-state index is 13.8. The predicted octanol–water partition coefficient (Wildman–Crippen LogP) is 4.18. The number of nitrogens with zero attached hydrogens (tertiary/aromatic N) is 1. The van der Waals surface area contributed by atoms with Gasteiger partial charge in [0, 0.05) is 5.56 Å². The summed E-state index contributed by atoms with van der Waals surface area (Å²) in [6.07, 6.45) is 0.110. The van der Waals surface area contributed by atoms with Gasteiger partial charge in [-0.2, -0.15) is 5.26 Å². The third-order valence-corrected chi connectivity index (χ3v) is 3.03. The minimum absolute atomic E-state index is 0.110. The second-order valence-corrected chi connectivity index (χ2v) is 4.46. The molecule has 0 saturated heterocycles. The Morgan fingerprint density at radius 2 is 1.89 bits per heavy atom. The monoisotopic (exact) mass is 239 g/mol. The largest absolute Gasteiger partial charge is 0.207 e. The number of rotatable bonds is 2. The van der Waals surface area contributed by atoms with Crippen LogP contribution in [-0.4, -0.2) is 0 Å². The van der Waals surface area contributed by atoms with Crippen molar-refractivity contribution >= 4 is 0 Å². The Bertz CT molecular complexity index is 623. The second-order valence-electron chi connectivity index (χ2n) is 4.46. The fraction of sp³-hybridized carbons (Fsp3) is 0.188. The van der Waals surface area contributed by atoms with E-state index >= 15 is 0 Å². The number of hydrogen-bond donors (Lipinski definition) is 0. The van der Waals surface area contributed by atoms with Crippen LogP contribution >= 0.6 is 0 Å². The fourth-order valence-electron chi connectivity index (χ4n) is 1.99. The van der Waals surface area contributed by atoms with E-state index in [0.29, 0.717) is 5.56 Å². The van der Waals surface area contributed by atoms with Crippen molar-refractivity contribution < 1.29 is 4.39 Å². The van der Waals surface area contributed by atoms with Gasteiger partial charge in [0.15, 0.2) is 0 Å². The van der Waals surface area contributed by atoms with Crippen LogP contribution in [0.1, 0.15) is 16.7 Å². The number of hydrogen-bond acceptors (Lipinski definition) is 1. The molecule has 0 saturated carbocycles. The van der Waals surface area contributed by atoms with Crippen LogP contribution in [0.5, 0.6) is 0 Å². The van der Waals surface area contributed by atoms with E-state index in [1.54, 1.807) is 6.07 Å². The first-order valence-corrected chi connectivity index (χ1v) is 5.85. The molecule has 0 radical (unpaired) electrons. The molecule has 0 heterocycles. The number of aryl methyl sites for hydroxylation is 2. The molecule has 0 unspecified atom stereocenters. The Hall–Kier alpha value is -2.14. The van der Waals surface area contributed by atoms with E-state index in [1.165, 1.54) is 6.07 Å². The number of nitriles is 1. The molecule has 0 aliphatic rings. The van der Waals surface area contributed by atoms with Crippen LogP contribution in [0.4, 0.5) is 4.39 Å². The maximum atomic E-state index is 13.8. The molecule has 2 aromatic rings. The minimum atomic E-state index is -0.310. The molecule has 0 spiro atoms. The van der Waals surface area contributed by atoms with Crippen molar-refractivity contribution in [2.75, 3.05) is 0 Å². The molecule has 2 rings (SSSR count). The Balaban J connectivity index is 2.49. The van der Waals surface area contributed by atoms with Gasteiger partial charge in [0.2, 0.25) is 0 Å². The van der Waals surface area contributed by atoms with Gasteiger partial charge < -0.3 is 0 Å². The fourth-order valence-corrected chi connectivity index (χ4v) is 1.99. The maximum Gasteiger partial charge on any atom is 0.128 e. The Kier molecular flexibility index (Phi) is 3.43. The number of halogens is 1. The molecule has 1 nitrogen and oxygen atoms in total. The Labute approximate surface area is 107 Å². The third kappa shape index (κ3) is 2.41. The van der Waals surface area contributed by atoms with Crippen molar-refractivity contribution in [3.63, 3.8) is 0 Å². The van der Waals surface area contributed by atoms with Crippen LogP contribution in [0.2, 0.25) is 0 Å². The molecule has 0 N–H and O–H groups in total. The lowest BCUT2D eigenvalue weighted by atomic mass is 9.97. The van der Waals surface area contributed by atoms with Gasteiger partial charge in [0.05, 0.1) is 12.5 Å². The van der Waals surface area contributed by atoms with E-state index in [1.807, 2.05) is 44.2 Å². The Morgan fingerprint density at radius 1 is 1.11 bits per heavy atom. The Morgan fingerprint density at radius 3 is 2.56 bits per heavy atom. The van der Waals surface area contributed by atoms with Gasteiger partial charge >= 0.3 is 0 Å². The molecule has 90 valence electrons. The van der Waals surface area contributed by atoms with Gasteiger partial charge in [0.1, 0.15) is 5.82 Å². The lowest BCUT2D eigenvalue weighted by Crippen LogP contribution is -1.91. The molecule has 0 fully saturated rings. The molecule has 0 aliphatic heterocycles. The van der Waals surface area contributed by atoms with Gasteiger partial charge in [-0.05, 0) is 36.6 Å². The highest BCUT2D eigenvalue weighted by Gasteiger charge is 2.07. The van der Waals surface area contributed by atoms with Crippen molar-refractivity contribution in [3.05, 3.63) is 58.9 Å². The SMILES string of the molecule is Cc1ccc(C)c(-c2ccc(CC#N)c(F)c2)c1. The minimum Gasteiger partial charge on any atom is -0.207 e. The first-order chi connectivity index (χ1) is 8.61. The van der Waals surface area contributed by atoms with Gasteiger partial charge in [-0.3, -0.25) is 0 Å². The average Bonchev–Trinajstić information content (AvgIpc) is 2.35. The highest BCUT2D eigenvalue weighted by molar-refractivity contribution is 5.68. The van der Waals surface area contributed by atoms with Crippen LogP contribution in [-0.2, 0) is 6.42 Å². The van der Waals surface area contributed by atoms with E-state index in [0.717, 1.165) is 22.3 Å².